The van der Waals surface area contributed by atoms with Crippen molar-refractivity contribution >= 4 is 17.7 Å². The molecule has 0 saturated heterocycles. The van der Waals surface area contributed by atoms with Crippen LogP contribution in [0.5, 0.6) is 0 Å². The van der Waals surface area contributed by atoms with E-state index >= 15 is 0 Å². The third kappa shape index (κ3) is 2.69. The van der Waals surface area contributed by atoms with Gasteiger partial charge in [-0.05, 0) is 25.7 Å². The van der Waals surface area contributed by atoms with Crippen LogP contribution >= 0.6 is 0 Å². The number of aliphatic carboxylic acids is 1. The van der Waals surface area contributed by atoms with Crippen molar-refractivity contribution in [3.63, 3.8) is 0 Å². The Bertz CT molecular complexity index is 475. The summed E-state index contributed by atoms with van der Waals surface area (Å²) in [4.78, 5) is 27.7. The first kappa shape index (κ1) is 15.4. The van der Waals surface area contributed by atoms with E-state index in [-0.39, 0.29) is 23.3 Å². The predicted molar refractivity (Wildman–Crippen MR) is 74.0 cm³/mol. The van der Waals surface area contributed by atoms with Crippen LogP contribution in [0.25, 0.3) is 0 Å². The lowest BCUT2D eigenvalue weighted by molar-refractivity contribution is -0.133. The molecule has 0 aromatic carbocycles. The summed E-state index contributed by atoms with van der Waals surface area (Å²) in [7, 11) is 0. The molecular weight excluding hydrogens is 244 g/mol. The summed E-state index contributed by atoms with van der Waals surface area (Å²) in [6, 6.07) is 0. The van der Waals surface area contributed by atoms with Crippen molar-refractivity contribution in [3.8, 4) is 0 Å². The smallest absolute Gasteiger partial charge is 0.332 e. The standard InChI is InChI=1S/C14H22N2O3/c1-7(2)10(12(17)18)9(5)11-15-13(19)14(6,16-11)8(3)4/h7-8H,1-6H3,(H,17,18)(H,15,16,19)/b10-9+. The fraction of sp³-hybridized carbons (Fsp3) is 0.643. The molecule has 2 N–H and O–H groups in total. The number of carboxylic acids is 1. The molecule has 1 unspecified atom stereocenters. The van der Waals surface area contributed by atoms with Gasteiger partial charge in [0.1, 0.15) is 11.4 Å². The van der Waals surface area contributed by atoms with Crippen LogP contribution in [0.4, 0.5) is 0 Å². The fourth-order valence-corrected chi connectivity index (χ4v) is 2.08. The van der Waals surface area contributed by atoms with E-state index in [1.165, 1.54) is 0 Å². The molecule has 0 aliphatic carbocycles. The van der Waals surface area contributed by atoms with Gasteiger partial charge < -0.3 is 10.4 Å². The SMILES string of the molecule is C/C(C1=NC(C)(C(C)C)C(=O)N1)=C(\C(=O)O)C(C)C. The average molecular weight is 266 g/mol. The van der Waals surface area contributed by atoms with Gasteiger partial charge in [-0.15, -0.1) is 0 Å². The highest BCUT2D eigenvalue weighted by Crippen LogP contribution is 2.28. The molecule has 0 aromatic heterocycles. The highest BCUT2D eigenvalue weighted by molar-refractivity contribution is 6.17. The second kappa shape index (κ2) is 5.15. The first-order valence-corrected chi connectivity index (χ1v) is 6.47. The topological polar surface area (TPSA) is 78.8 Å². The van der Waals surface area contributed by atoms with E-state index in [2.05, 4.69) is 10.3 Å². The number of hydrogen-bond donors (Lipinski definition) is 2. The maximum atomic E-state index is 12.0. The molecule has 0 fully saturated rings. The van der Waals surface area contributed by atoms with Crippen LogP contribution in [0.2, 0.25) is 0 Å². The number of nitrogens with one attached hydrogen (secondary N) is 1. The molecule has 1 aliphatic rings. The van der Waals surface area contributed by atoms with Crippen LogP contribution in [-0.4, -0.2) is 28.4 Å². The van der Waals surface area contributed by atoms with Crippen molar-refractivity contribution in [2.24, 2.45) is 16.8 Å². The molecule has 5 heteroatoms. The van der Waals surface area contributed by atoms with Gasteiger partial charge in [0.05, 0.1) is 0 Å². The van der Waals surface area contributed by atoms with Gasteiger partial charge in [-0.2, -0.15) is 0 Å². The number of amides is 1. The van der Waals surface area contributed by atoms with Gasteiger partial charge in [0.2, 0.25) is 0 Å². The van der Waals surface area contributed by atoms with Crippen molar-refractivity contribution in [2.45, 2.75) is 47.1 Å². The molecule has 0 saturated carbocycles. The predicted octanol–water partition coefficient (Wildman–Crippen LogP) is 1.99. The van der Waals surface area contributed by atoms with Crippen molar-refractivity contribution in [1.29, 1.82) is 0 Å². The van der Waals surface area contributed by atoms with Crippen LogP contribution < -0.4 is 5.32 Å². The molecule has 1 heterocycles. The Hall–Kier alpha value is -1.65. The number of rotatable bonds is 4. The van der Waals surface area contributed by atoms with Crippen molar-refractivity contribution < 1.29 is 14.7 Å². The van der Waals surface area contributed by atoms with Gasteiger partial charge in [0.25, 0.3) is 5.91 Å². The zero-order valence-electron chi connectivity index (χ0n) is 12.4. The van der Waals surface area contributed by atoms with E-state index in [1.54, 1.807) is 13.8 Å². The van der Waals surface area contributed by atoms with Crippen LogP contribution in [-0.2, 0) is 9.59 Å². The second-order valence-electron chi connectivity index (χ2n) is 5.72. The summed E-state index contributed by atoms with van der Waals surface area (Å²) in [5.74, 6) is -0.853. The first-order valence-electron chi connectivity index (χ1n) is 6.47. The number of carboxylic acid groups (broad SMARTS) is 1. The Morgan fingerprint density at radius 1 is 1.32 bits per heavy atom. The average Bonchev–Trinajstić information content (AvgIpc) is 2.55. The molecule has 106 valence electrons. The zero-order valence-corrected chi connectivity index (χ0v) is 12.4. The molecule has 0 radical (unpaired) electrons. The summed E-state index contributed by atoms with van der Waals surface area (Å²) < 4.78 is 0. The quantitative estimate of drug-likeness (QED) is 0.764. The lowest BCUT2D eigenvalue weighted by Gasteiger charge is -2.21. The van der Waals surface area contributed by atoms with Crippen LogP contribution in [0.1, 0.15) is 41.5 Å². The van der Waals surface area contributed by atoms with Gasteiger partial charge in [0, 0.05) is 11.1 Å². The normalized spacial score (nSPS) is 24.4. The maximum absolute atomic E-state index is 12.0. The molecule has 5 nitrogen and oxygen atoms in total. The Morgan fingerprint density at radius 3 is 2.16 bits per heavy atom. The highest BCUT2D eigenvalue weighted by atomic mass is 16.4. The number of amidine groups is 1. The molecule has 0 bridgehead atoms. The van der Waals surface area contributed by atoms with E-state index in [0.717, 1.165) is 0 Å². The number of hydrogen-bond acceptors (Lipinski definition) is 3. The van der Waals surface area contributed by atoms with Crippen molar-refractivity contribution in [3.05, 3.63) is 11.1 Å². The van der Waals surface area contributed by atoms with Crippen LogP contribution in [0.3, 0.4) is 0 Å². The second-order valence-corrected chi connectivity index (χ2v) is 5.72. The Kier molecular flexibility index (Phi) is 4.18. The molecule has 1 aliphatic heterocycles. The number of carbonyl (C=O) groups excluding carboxylic acids is 1. The molecule has 0 aromatic rings. The van der Waals surface area contributed by atoms with Crippen LogP contribution in [0, 0.1) is 11.8 Å². The maximum Gasteiger partial charge on any atom is 0.332 e. The molecule has 1 amide bonds. The highest BCUT2D eigenvalue weighted by Gasteiger charge is 2.42. The summed E-state index contributed by atoms with van der Waals surface area (Å²) in [5.41, 5.74) is -0.00994. The Labute approximate surface area is 113 Å². The summed E-state index contributed by atoms with van der Waals surface area (Å²) in [6.07, 6.45) is 0. The fourth-order valence-electron chi connectivity index (χ4n) is 2.08. The minimum absolute atomic E-state index is 0.0464. The van der Waals surface area contributed by atoms with E-state index in [4.69, 9.17) is 0 Å². The van der Waals surface area contributed by atoms with Crippen molar-refractivity contribution in [1.82, 2.24) is 5.32 Å². The third-order valence-corrected chi connectivity index (χ3v) is 3.73. The van der Waals surface area contributed by atoms with Gasteiger partial charge >= 0.3 is 5.97 Å². The lowest BCUT2D eigenvalue weighted by Crippen LogP contribution is -2.41. The van der Waals surface area contributed by atoms with E-state index in [1.807, 2.05) is 27.7 Å². The molecular formula is C14H22N2O3. The van der Waals surface area contributed by atoms with Crippen molar-refractivity contribution in [2.75, 3.05) is 0 Å². The molecule has 0 spiro atoms. The summed E-state index contributed by atoms with van der Waals surface area (Å²) >= 11 is 0. The summed E-state index contributed by atoms with van der Waals surface area (Å²) in [6.45, 7) is 10.9. The van der Waals surface area contributed by atoms with Gasteiger partial charge in [-0.1, -0.05) is 27.7 Å². The minimum Gasteiger partial charge on any atom is -0.478 e. The lowest BCUT2D eigenvalue weighted by atomic mass is 9.89. The summed E-state index contributed by atoms with van der Waals surface area (Å²) in [5, 5.41) is 12.0. The van der Waals surface area contributed by atoms with Gasteiger partial charge in [0.15, 0.2) is 0 Å². The monoisotopic (exact) mass is 266 g/mol. The Balaban J connectivity index is 3.29. The number of carbonyl (C=O) groups is 2. The van der Waals surface area contributed by atoms with Gasteiger partial charge in [-0.25, -0.2) is 4.79 Å². The first-order chi connectivity index (χ1) is 8.61. The zero-order chi connectivity index (χ0) is 15.0. The third-order valence-electron chi connectivity index (χ3n) is 3.73. The van der Waals surface area contributed by atoms with Crippen LogP contribution in [0.15, 0.2) is 16.1 Å². The van der Waals surface area contributed by atoms with E-state index in [9.17, 15) is 14.7 Å². The number of nitrogens with zero attached hydrogens (tertiary/aromatic N) is 1. The largest absolute Gasteiger partial charge is 0.478 e. The van der Waals surface area contributed by atoms with E-state index < -0.39 is 11.5 Å². The minimum atomic E-state index is -0.970. The number of aliphatic imine (C=N–C) groups is 1. The van der Waals surface area contributed by atoms with E-state index in [0.29, 0.717) is 11.4 Å². The molecule has 1 atom stereocenters. The molecule has 1 rings (SSSR count). The Morgan fingerprint density at radius 2 is 1.84 bits per heavy atom. The van der Waals surface area contributed by atoms with Gasteiger partial charge in [-0.3, -0.25) is 9.79 Å². The molecule has 19 heavy (non-hydrogen) atoms.